The van der Waals surface area contributed by atoms with Crippen LogP contribution in [0, 0.1) is 0 Å². The Bertz CT molecular complexity index is 747. The Kier molecular flexibility index (Phi) is 3.53. The highest BCUT2D eigenvalue weighted by Crippen LogP contribution is 2.35. The van der Waals surface area contributed by atoms with Gasteiger partial charge in [0.25, 0.3) is 5.91 Å². The van der Waals surface area contributed by atoms with Crippen molar-refractivity contribution in [2.75, 3.05) is 18.5 Å². The largest absolute Gasteiger partial charge is 0.381 e. The number of carbonyl (C=O) groups excluding carboxylic acids is 1. The first-order valence-corrected chi connectivity index (χ1v) is 8.01. The van der Waals surface area contributed by atoms with Crippen molar-refractivity contribution in [2.24, 2.45) is 7.05 Å². The van der Waals surface area contributed by atoms with Gasteiger partial charge in [0.15, 0.2) is 0 Å². The number of aromatic nitrogens is 2. The minimum absolute atomic E-state index is 0.0143. The van der Waals surface area contributed by atoms with Crippen LogP contribution in [0.3, 0.4) is 0 Å². The van der Waals surface area contributed by atoms with E-state index in [0.717, 1.165) is 48.6 Å². The maximum atomic E-state index is 12.1. The van der Waals surface area contributed by atoms with Crippen LogP contribution in [-0.4, -0.2) is 28.9 Å². The number of amides is 1. The van der Waals surface area contributed by atoms with Crippen LogP contribution in [0.15, 0.2) is 24.4 Å². The monoisotopic (exact) mass is 312 g/mol. The van der Waals surface area contributed by atoms with Crippen LogP contribution in [-0.2, 0) is 18.3 Å². The maximum Gasteiger partial charge on any atom is 0.254 e. The van der Waals surface area contributed by atoms with Crippen molar-refractivity contribution in [1.82, 2.24) is 15.1 Å². The lowest BCUT2D eigenvalue weighted by atomic mass is 9.95. The number of rotatable bonds is 3. The van der Waals surface area contributed by atoms with Crippen LogP contribution in [0.4, 0.5) is 11.4 Å². The molecule has 1 amide bonds. The fraction of sp³-hybridized carbons (Fsp3) is 0.412. The first-order valence-electron chi connectivity index (χ1n) is 8.01. The summed E-state index contributed by atoms with van der Waals surface area (Å²) in [5, 5.41) is 10.7. The molecule has 23 heavy (non-hydrogen) atoms. The lowest BCUT2D eigenvalue weighted by Crippen LogP contribution is -2.18. The zero-order chi connectivity index (χ0) is 15.8. The summed E-state index contributed by atoms with van der Waals surface area (Å²) in [4.78, 5) is 12.1. The predicted octanol–water partition coefficient (Wildman–Crippen LogP) is 2.30. The number of hydrogen-bond donors (Lipinski definition) is 2. The fourth-order valence-electron chi connectivity index (χ4n) is 3.53. The van der Waals surface area contributed by atoms with E-state index in [1.807, 2.05) is 36.1 Å². The predicted molar refractivity (Wildman–Crippen MR) is 86.9 cm³/mol. The minimum atomic E-state index is -0.0143. The summed E-state index contributed by atoms with van der Waals surface area (Å²) in [6.07, 6.45) is 3.85. The van der Waals surface area contributed by atoms with Gasteiger partial charge in [-0.1, -0.05) is 12.1 Å². The van der Waals surface area contributed by atoms with E-state index in [1.54, 1.807) is 0 Å². The Morgan fingerprint density at radius 2 is 2.13 bits per heavy atom. The molecule has 6 heteroatoms. The molecule has 120 valence electrons. The average molecular weight is 312 g/mol. The third-order valence-corrected chi connectivity index (χ3v) is 4.68. The molecule has 2 aliphatic rings. The average Bonchev–Trinajstić information content (AvgIpc) is 3.13. The van der Waals surface area contributed by atoms with Gasteiger partial charge in [0.05, 0.1) is 28.8 Å². The van der Waals surface area contributed by atoms with Gasteiger partial charge in [0, 0.05) is 32.7 Å². The van der Waals surface area contributed by atoms with Crippen LogP contribution in [0.25, 0.3) is 0 Å². The summed E-state index contributed by atoms with van der Waals surface area (Å²) in [7, 11) is 1.97. The molecule has 1 aromatic carbocycles. The van der Waals surface area contributed by atoms with Gasteiger partial charge in [0.2, 0.25) is 0 Å². The van der Waals surface area contributed by atoms with Gasteiger partial charge in [-0.25, -0.2) is 0 Å². The standard InChI is InChI=1S/C17H20N4O2/c1-21-16(11-5-7-23-8-6-11)14(10-19-21)20-13-4-2-3-12-9-18-17(22)15(12)13/h2-4,10-11,20H,5-9H2,1H3,(H,18,22). The maximum absolute atomic E-state index is 12.1. The molecule has 3 heterocycles. The molecule has 0 spiro atoms. The molecule has 0 aliphatic carbocycles. The number of hydrogen-bond acceptors (Lipinski definition) is 4. The summed E-state index contributed by atoms with van der Waals surface area (Å²) in [5.74, 6) is 0.420. The smallest absolute Gasteiger partial charge is 0.254 e. The normalized spacial score (nSPS) is 17.9. The first-order chi connectivity index (χ1) is 11.2. The van der Waals surface area contributed by atoms with Crippen molar-refractivity contribution >= 4 is 17.3 Å². The molecule has 0 radical (unpaired) electrons. The summed E-state index contributed by atoms with van der Waals surface area (Å²) in [6, 6.07) is 5.91. The van der Waals surface area contributed by atoms with E-state index in [4.69, 9.17) is 4.74 Å². The van der Waals surface area contributed by atoms with Crippen molar-refractivity contribution in [2.45, 2.75) is 25.3 Å². The molecule has 1 aromatic heterocycles. The van der Waals surface area contributed by atoms with Crippen LogP contribution in [0.2, 0.25) is 0 Å². The molecule has 1 fully saturated rings. The Balaban J connectivity index is 1.68. The Labute approximate surface area is 134 Å². The molecular weight excluding hydrogens is 292 g/mol. The van der Waals surface area contributed by atoms with E-state index in [0.29, 0.717) is 12.5 Å². The summed E-state index contributed by atoms with van der Waals surface area (Å²) in [6.45, 7) is 2.18. The number of carbonyl (C=O) groups is 1. The van der Waals surface area contributed by atoms with Crippen molar-refractivity contribution in [1.29, 1.82) is 0 Å². The van der Waals surface area contributed by atoms with Crippen LogP contribution >= 0.6 is 0 Å². The van der Waals surface area contributed by atoms with Gasteiger partial charge in [-0.3, -0.25) is 9.48 Å². The second-order valence-corrected chi connectivity index (χ2v) is 6.10. The molecule has 1 saturated heterocycles. The second kappa shape index (κ2) is 5.70. The van der Waals surface area contributed by atoms with E-state index < -0.39 is 0 Å². The molecule has 2 aliphatic heterocycles. The molecule has 6 nitrogen and oxygen atoms in total. The number of benzene rings is 1. The molecule has 4 rings (SSSR count). The van der Waals surface area contributed by atoms with Crippen molar-refractivity contribution in [3.63, 3.8) is 0 Å². The third-order valence-electron chi connectivity index (χ3n) is 4.68. The van der Waals surface area contributed by atoms with Crippen LogP contribution < -0.4 is 10.6 Å². The number of aryl methyl sites for hydroxylation is 1. The Morgan fingerprint density at radius 3 is 2.96 bits per heavy atom. The zero-order valence-corrected chi connectivity index (χ0v) is 13.1. The molecule has 0 atom stereocenters. The number of nitrogens with one attached hydrogen (secondary N) is 2. The highest BCUT2D eigenvalue weighted by atomic mass is 16.5. The first kappa shape index (κ1) is 14.3. The topological polar surface area (TPSA) is 68.2 Å². The van der Waals surface area contributed by atoms with E-state index in [2.05, 4.69) is 15.7 Å². The van der Waals surface area contributed by atoms with Crippen LogP contribution in [0.1, 0.15) is 40.4 Å². The highest BCUT2D eigenvalue weighted by molar-refractivity contribution is 6.04. The van der Waals surface area contributed by atoms with Gasteiger partial charge >= 0.3 is 0 Å². The third kappa shape index (κ3) is 2.49. The van der Waals surface area contributed by atoms with Gasteiger partial charge in [-0.15, -0.1) is 0 Å². The second-order valence-electron chi connectivity index (χ2n) is 6.10. The van der Waals surface area contributed by atoms with E-state index >= 15 is 0 Å². The summed E-state index contributed by atoms with van der Waals surface area (Å²) >= 11 is 0. The number of nitrogens with zero attached hydrogens (tertiary/aromatic N) is 2. The van der Waals surface area contributed by atoms with Crippen LogP contribution in [0.5, 0.6) is 0 Å². The van der Waals surface area contributed by atoms with E-state index in [9.17, 15) is 4.79 Å². The molecule has 0 bridgehead atoms. The minimum Gasteiger partial charge on any atom is -0.381 e. The van der Waals surface area contributed by atoms with E-state index in [1.165, 1.54) is 5.69 Å². The molecular formula is C17H20N4O2. The molecule has 2 N–H and O–H groups in total. The summed E-state index contributed by atoms with van der Waals surface area (Å²) in [5.41, 5.74) is 4.79. The zero-order valence-electron chi connectivity index (χ0n) is 13.1. The van der Waals surface area contributed by atoms with Crippen molar-refractivity contribution < 1.29 is 9.53 Å². The van der Waals surface area contributed by atoms with Gasteiger partial charge in [-0.05, 0) is 24.5 Å². The SMILES string of the molecule is Cn1ncc(Nc2cccc3c2C(=O)NC3)c1C1CCOCC1. The van der Waals surface area contributed by atoms with Crippen molar-refractivity contribution in [3.05, 3.63) is 41.2 Å². The number of fused-ring (bicyclic) bond motifs is 1. The highest BCUT2D eigenvalue weighted by Gasteiger charge is 2.25. The van der Waals surface area contributed by atoms with Gasteiger partial charge in [0.1, 0.15) is 0 Å². The van der Waals surface area contributed by atoms with Gasteiger partial charge < -0.3 is 15.4 Å². The quantitative estimate of drug-likeness (QED) is 0.912. The summed E-state index contributed by atoms with van der Waals surface area (Å²) < 4.78 is 7.40. The van der Waals surface area contributed by atoms with E-state index in [-0.39, 0.29) is 5.91 Å². The molecule has 0 unspecified atom stereocenters. The molecule has 2 aromatic rings. The Morgan fingerprint density at radius 1 is 1.30 bits per heavy atom. The fourth-order valence-corrected chi connectivity index (χ4v) is 3.53. The lowest BCUT2D eigenvalue weighted by molar-refractivity contribution is 0.0838. The Hall–Kier alpha value is -2.34. The van der Waals surface area contributed by atoms with Crippen molar-refractivity contribution in [3.8, 4) is 0 Å². The molecule has 0 saturated carbocycles. The van der Waals surface area contributed by atoms with Gasteiger partial charge in [-0.2, -0.15) is 5.10 Å². The lowest BCUT2D eigenvalue weighted by Gasteiger charge is -2.23. The number of anilines is 2. The number of ether oxygens (including phenoxy) is 1.